The molecule has 1 amide bonds. The Labute approximate surface area is 233 Å². The van der Waals surface area contributed by atoms with E-state index < -0.39 is 58.5 Å². The average Bonchev–Trinajstić information content (AvgIpc) is 3.38. The maximum atomic E-state index is 13.9. The first-order valence-corrected chi connectivity index (χ1v) is 13.0. The first-order chi connectivity index (χ1) is 19.0. The molecule has 41 heavy (non-hydrogen) atoms. The molecule has 2 heterocycles. The van der Waals surface area contributed by atoms with Crippen molar-refractivity contribution in [2.45, 2.75) is 38.2 Å². The van der Waals surface area contributed by atoms with Gasteiger partial charge in [0.05, 0.1) is 16.1 Å². The van der Waals surface area contributed by atoms with E-state index in [0.29, 0.717) is 28.4 Å². The van der Waals surface area contributed by atoms with Gasteiger partial charge in [-0.15, -0.1) is 0 Å². The van der Waals surface area contributed by atoms with Crippen LogP contribution in [-0.2, 0) is 23.7 Å². The second-order valence-electron chi connectivity index (χ2n) is 9.80. The van der Waals surface area contributed by atoms with Crippen molar-refractivity contribution in [1.82, 2.24) is 9.88 Å². The van der Waals surface area contributed by atoms with Gasteiger partial charge in [-0.3, -0.25) is 14.9 Å². The van der Waals surface area contributed by atoms with Crippen LogP contribution in [0.5, 0.6) is 0 Å². The summed E-state index contributed by atoms with van der Waals surface area (Å²) in [7, 11) is 1.29. The standard InChI is InChI=1S/C26H23F7N4O3S/c1-14-7-18(27)3-4-19(14)21-13-36(24-34-11-22(41-24)37(39)40)6-5-20(21)23(38)35(2)12-15-8-16(25(28,29)30)10-17(9-15)26(31,32)33/h3-4,7-11,20-21H,5-6,12-13H2,1-2H3. The SMILES string of the molecule is Cc1cc(F)ccc1C1CN(c2ncc([N+](=O)[O-])s2)CCC1C(=O)N(C)Cc1cc(C(F)(F)F)cc(C(F)(F)F)c1. The number of benzene rings is 2. The number of piperidine rings is 1. The number of nitro groups is 1. The first kappa shape index (κ1) is 30.2. The van der Waals surface area contributed by atoms with Gasteiger partial charge in [0.1, 0.15) is 12.0 Å². The average molecular weight is 605 g/mol. The molecule has 0 saturated carbocycles. The molecule has 2 unspecified atom stereocenters. The van der Waals surface area contributed by atoms with E-state index in [-0.39, 0.29) is 36.1 Å². The fourth-order valence-corrected chi connectivity index (χ4v) is 5.79. The molecule has 0 radical (unpaired) electrons. The molecule has 7 nitrogen and oxygen atoms in total. The predicted molar refractivity (Wildman–Crippen MR) is 136 cm³/mol. The second kappa shape index (κ2) is 11.3. The third kappa shape index (κ3) is 6.77. The van der Waals surface area contributed by atoms with Crippen LogP contribution >= 0.6 is 11.3 Å². The highest BCUT2D eigenvalue weighted by Crippen LogP contribution is 2.40. The molecular formula is C26H23F7N4O3S. The predicted octanol–water partition coefficient (Wildman–Crippen LogP) is 6.81. The van der Waals surface area contributed by atoms with Crippen molar-refractivity contribution >= 4 is 27.4 Å². The largest absolute Gasteiger partial charge is 0.416 e. The van der Waals surface area contributed by atoms with Gasteiger partial charge in [-0.05, 0) is 71.7 Å². The van der Waals surface area contributed by atoms with Crippen LogP contribution in [-0.4, -0.2) is 40.9 Å². The molecule has 0 bridgehead atoms. The summed E-state index contributed by atoms with van der Waals surface area (Å²) in [6.07, 6.45) is -8.73. The molecule has 0 spiro atoms. The van der Waals surface area contributed by atoms with E-state index in [9.17, 15) is 45.6 Å². The molecule has 1 aliphatic rings. The number of alkyl halides is 6. The Balaban J connectivity index is 1.64. The summed E-state index contributed by atoms with van der Waals surface area (Å²) in [6, 6.07) is 5.22. The molecule has 4 rings (SSSR count). The zero-order valence-electron chi connectivity index (χ0n) is 21.6. The van der Waals surface area contributed by atoms with Crippen LogP contribution in [0.3, 0.4) is 0 Å². The number of thiazole rings is 1. The lowest BCUT2D eigenvalue weighted by atomic mass is 9.78. The lowest BCUT2D eigenvalue weighted by molar-refractivity contribution is -0.380. The van der Waals surface area contributed by atoms with Gasteiger partial charge in [0.25, 0.3) is 0 Å². The van der Waals surface area contributed by atoms with Gasteiger partial charge >= 0.3 is 17.4 Å². The van der Waals surface area contributed by atoms with Crippen molar-refractivity contribution in [3.63, 3.8) is 0 Å². The van der Waals surface area contributed by atoms with Crippen molar-refractivity contribution in [3.8, 4) is 0 Å². The molecule has 1 aromatic heterocycles. The molecule has 0 aliphatic carbocycles. The van der Waals surface area contributed by atoms with E-state index in [1.54, 1.807) is 11.8 Å². The molecule has 0 N–H and O–H groups in total. The van der Waals surface area contributed by atoms with Gasteiger partial charge in [0, 0.05) is 38.5 Å². The van der Waals surface area contributed by atoms with E-state index in [0.717, 1.165) is 22.4 Å². The third-order valence-electron chi connectivity index (χ3n) is 6.94. The van der Waals surface area contributed by atoms with Crippen molar-refractivity contribution in [2.24, 2.45) is 5.92 Å². The lowest BCUT2D eigenvalue weighted by Gasteiger charge is -2.40. The van der Waals surface area contributed by atoms with E-state index >= 15 is 0 Å². The zero-order valence-corrected chi connectivity index (χ0v) is 22.4. The fraction of sp³-hybridized carbons (Fsp3) is 0.385. The monoisotopic (exact) mass is 604 g/mol. The molecule has 1 fully saturated rings. The smallest absolute Gasteiger partial charge is 0.347 e. The van der Waals surface area contributed by atoms with Crippen LogP contribution in [0.1, 0.15) is 40.2 Å². The molecule has 1 saturated heterocycles. The van der Waals surface area contributed by atoms with Crippen molar-refractivity contribution in [2.75, 3.05) is 25.0 Å². The summed E-state index contributed by atoms with van der Waals surface area (Å²) in [5.74, 6) is -2.35. The summed E-state index contributed by atoms with van der Waals surface area (Å²) in [6.45, 7) is 1.56. The quantitative estimate of drug-likeness (QED) is 0.176. The zero-order chi connectivity index (χ0) is 30.3. The Morgan fingerprint density at radius 3 is 2.29 bits per heavy atom. The number of halogens is 7. The Hall–Kier alpha value is -3.75. The van der Waals surface area contributed by atoms with Crippen molar-refractivity contribution < 1.29 is 40.5 Å². The van der Waals surface area contributed by atoms with E-state index in [2.05, 4.69) is 4.98 Å². The van der Waals surface area contributed by atoms with Crippen LogP contribution in [0.15, 0.2) is 42.6 Å². The minimum Gasteiger partial charge on any atom is -0.347 e. The number of carbonyl (C=O) groups excluding carboxylic acids is 1. The van der Waals surface area contributed by atoms with E-state index in [4.69, 9.17) is 0 Å². The van der Waals surface area contributed by atoms with Gasteiger partial charge in [-0.2, -0.15) is 26.3 Å². The maximum absolute atomic E-state index is 13.9. The Morgan fingerprint density at radius 1 is 1.12 bits per heavy atom. The van der Waals surface area contributed by atoms with Gasteiger partial charge in [-0.25, -0.2) is 9.37 Å². The second-order valence-corrected chi connectivity index (χ2v) is 10.8. The molecule has 15 heteroatoms. The van der Waals surface area contributed by atoms with Gasteiger partial charge in [-0.1, -0.05) is 6.07 Å². The Bertz CT molecular complexity index is 1430. The third-order valence-corrected chi connectivity index (χ3v) is 7.95. The lowest BCUT2D eigenvalue weighted by Crippen LogP contribution is -2.46. The minimum absolute atomic E-state index is 0.0251. The van der Waals surface area contributed by atoms with Crippen LogP contribution in [0.4, 0.5) is 40.9 Å². The summed E-state index contributed by atoms with van der Waals surface area (Å²) >= 11 is 0.852. The number of anilines is 1. The summed E-state index contributed by atoms with van der Waals surface area (Å²) < 4.78 is 93.9. The number of hydrogen-bond donors (Lipinski definition) is 0. The maximum Gasteiger partial charge on any atom is 0.416 e. The van der Waals surface area contributed by atoms with Crippen molar-refractivity contribution in [1.29, 1.82) is 0 Å². The summed E-state index contributed by atoms with van der Waals surface area (Å²) in [5.41, 5.74) is -2.14. The molecule has 3 aromatic rings. The number of nitrogens with zero attached hydrogens (tertiary/aromatic N) is 4. The highest BCUT2D eigenvalue weighted by molar-refractivity contribution is 7.18. The number of aromatic nitrogens is 1. The van der Waals surface area contributed by atoms with Crippen molar-refractivity contribution in [3.05, 3.63) is 86.3 Å². The van der Waals surface area contributed by atoms with E-state index in [1.165, 1.54) is 25.2 Å². The molecular weight excluding hydrogens is 581 g/mol. The summed E-state index contributed by atoms with van der Waals surface area (Å²) in [4.78, 5) is 31.1. The number of aryl methyl sites for hydroxylation is 1. The Kier molecular flexibility index (Phi) is 8.30. The van der Waals surface area contributed by atoms with Gasteiger partial charge < -0.3 is 9.80 Å². The normalized spacial score (nSPS) is 17.9. The highest BCUT2D eigenvalue weighted by atomic mass is 32.1. The first-order valence-electron chi connectivity index (χ1n) is 12.2. The van der Waals surface area contributed by atoms with Crippen LogP contribution in [0.25, 0.3) is 0 Å². The molecule has 220 valence electrons. The van der Waals surface area contributed by atoms with Crippen LogP contribution < -0.4 is 4.90 Å². The Morgan fingerprint density at radius 2 is 1.76 bits per heavy atom. The number of rotatable bonds is 6. The van der Waals surface area contributed by atoms with Crippen LogP contribution in [0.2, 0.25) is 0 Å². The van der Waals surface area contributed by atoms with Gasteiger partial charge in [0.15, 0.2) is 5.13 Å². The molecule has 2 atom stereocenters. The van der Waals surface area contributed by atoms with E-state index in [1.807, 2.05) is 0 Å². The van der Waals surface area contributed by atoms with Gasteiger partial charge in [0.2, 0.25) is 5.91 Å². The van der Waals surface area contributed by atoms with Crippen LogP contribution in [0, 0.1) is 28.8 Å². The summed E-state index contributed by atoms with van der Waals surface area (Å²) in [5, 5.41) is 11.3. The number of hydrogen-bond acceptors (Lipinski definition) is 6. The number of carbonyl (C=O) groups is 1. The molecule has 2 aromatic carbocycles. The minimum atomic E-state index is -5.03. The topological polar surface area (TPSA) is 79.6 Å². The number of amides is 1. The highest BCUT2D eigenvalue weighted by Gasteiger charge is 2.40. The molecule has 1 aliphatic heterocycles. The fourth-order valence-electron chi connectivity index (χ4n) is 5.02.